The highest BCUT2D eigenvalue weighted by Crippen LogP contribution is 2.36. The van der Waals surface area contributed by atoms with Crippen LogP contribution in [0.1, 0.15) is 60.0 Å². The minimum absolute atomic E-state index is 0.0803. The monoisotopic (exact) mass is 363 g/mol. The fourth-order valence-electron chi connectivity index (χ4n) is 3.62. The highest BCUT2D eigenvalue weighted by atomic mass is 19.1. The Balaban J connectivity index is 1.62. The van der Waals surface area contributed by atoms with Crippen molar-refractivity contribution in [1.82, 2.24) is 0 Å². The maximum atomic E-state index is 13.6. The zero-order valence-corrected chi connectivity index (χ0v) is 15.3. The predicted molar refractivity (Wildman–Crippen MR) is 102 cm³/mol. The number of rotatable bonds is 4. The van der Waals surface area contributed by atoms with E-state index in [1.54, 1.807) is 18.2 Å². The zero-order valence-electron chi connectivity index (χ0n) is 15.3. The molecular weight excluding hydrogens is 341 g/mol. The minimum Gasteiger partial charge on any atom is -0.423 e. The second-order valence-electron chi connectivity index (χ2n) is 6.90. The highest BCUT2D eigenvalue weighted by Gasteiger charge is 2.21. The Hall–Kier alpha value is -2.93. The summed E-state index contributed by atoms with van der Waals surface area (Å²) in [5.74, 6) is 0.0644. The molecule has 2 aromatic rings. The lowest BCUT2D eigenvalue weighted by Gasteiger charge is -2.27. The molecule has 3 nitrogen and oxygen atoms in total. The Kier molecular flexibility index (Phi) is 6.03. The molecule has 0 saturated heterocycles. The van der Waals surface area contributed by atoms with Crippen LogP contribution in [0.15, 0.2) is 54.6 Å². The summed E-state index contributed by atoms with van der Waals surface area (Å²) in [4.78, 5) is 12.3. The molecule has 1 aliphatic rings. The van der Waals surface area contributed by atoms with Crippen LogP contribution < -0.4 is 4.74 Å². The molecule has 0 spiro atoms. The first-order chi connectivity index (χ1) is 13.1. The second kappa shape index (κ2) is 8.64. The number of benzene rings is 2. The van der Waals surface area contributed by atoms with Gasteiger partial charge in [0, 0.05) is 6.07 Å². The molecule has 0 unspecified atom stereocenters. The Labute approximate surface area is 159 Å². The highest BCUT2D eigenvalue weighted by molar-refractivity contribution is 5.91. The van der Waals surface area contributed by atoms with E-state index >= 15 is 0 Å². The van der Waals surface area contributed by atoms with Gasteiger partial charge in [0.15, 0.2) is 0 Å². The van der Waals surface area contributed by atoms with Crippen LogP contribution >= 0.6 is 0 Å². The summed E-state index contributed by atoms with van der Waals surface area (Å²) in [6.07, 6.45) is 9.13. The van der Waals surface area contributed by atoms with E-state index in [2.05, 4.69) is 19.1 Å². The predicted octanol–water partition coefficient (Wildman–Crippen LogP) is 5.77. The molecule has 0 atom stereocenters. The van der Waals surface area contributed by atoms with E-state index in [9.17, 15) is 9.18 Å². The Morgan fingerprint density at radius 2 is 1.85 bits per heavy atom. The van der Waals surface area contributed by atoms with Gasteiger partial charge in [0.2, 0.25) is 0 Å². The number of esters is 1. The van der Waals surface area contributed by atoms with Crippen molar-refractivity contribution in [2.75, 3.05) is 0 Å². The van der Waals surface area contributed by atoms with E-state index in [4.69, 9.17) is 10.00 Å². The summed E-state index contributed by atoms with van der Waals surface area (Å²) in [5, 5.41) is 8.74. The van der Waals surface area contributed by atoms with Crippen molar-refractivity contribution in [3.63, 3.8) is 0 Å². The first-order valence-electron chi connectivity index (χ1n) is 9.25. The molecule has 0 radical (unpaired) electrons. The Morgan fingerprint density at radius 3 is 2.44 bits per heavy atom. The standard InChI is InChI=1S/C23H22FNO2/c1-2-3-16-4-6-17(7-5-16)18-8-10-19(11-9-18)23(26)27-21-13-12-20(15-25)22(24)14-21/h2-3,8-14,16-17H,4-7H2,1H3/t16-,17-. The fraction of sp³-hybridized carbons (Fsp3) is 0.304. The van der Waals surface area contributed by atoms with Crippen LogP contribution in [-0.4, -0.2) is 5.97 Å². The van der Waals surface area contributed by atoms with Gasteiger partial charge in [-0.05, 0) is 74.3 Å². The number of carbonyl (C=O) groups excluding carboxylic acids is 1. The second-order valence-corrected chi connectivity index (χ2v) is 6.90. The summed E-state index contributed by atoms with van der Waals surface area (Å²) < 4.78 is 18.8. The van der Waals surface area contributed by atoms with E-state index in [0.717, 1.165) is 18.9 Å². The van der Waals surface area contributed by atoms with E-state index in [0.29, 0.717) is 17.4 Å². The van der Waals surface area contributed by atoms with Crippen LogP contribution in [0.3, 0.4) is 0 Å². The van der Waals surface area contributed by atoms with Crippen LogP contribution in [0.4, 0.5) is 4.39 Å². The van der Waals surface area contributed by atoms with Crippen LogP contribution in [0.2, 0.25) is 0 Å². The van der Waals surface area contributed by atoms with Gasteiger partial charge >= 0.3 is 5.97 Å². The molecule has 0 N–H and O–H groups in total. The molecular formula is C23H22FNO2. The number of nitriles is 1. The van der Waals surface area contributed by atoms with Gasteiger partial charge in [-0.2, -0.15) is 5.26 Å². The summed E-state index contributed by atoms with van der Waals surface area (Å²) >= 11 is 0. The summed E-state index contributed by atoms with van der Waals surface area (Å²) in [6, 6.07) is 13.0. The lowest BCUT2D eigenvalue weighted by molar-refractivity contribution is 0.0734. The van der Waals surface area contributed by atoms with Gasteiger partial charge in [0.1, 0.15) is 17.6 Å². The third-order valence-corrected chi connectivity index (χ3v) is 5.13. The van der Waals surface area contributed by atoms with Gasteiger partial charge in [-0.15, -0.1) is 0 Å². The molecule has 0 heterocycles. The maximum absolute atomic E-state index is 13.6. The SMILES string of the molecule is CC=C[C@H]1CC[C@H](c2ccc(C(=O)Oc3ccc(C#N)c(F)c3)cc2)CC1. The molecule has 1 saturated carbocycles. The van der Waals surface area contributed by atoms with E-state index in [1.807, 2.05) is 12.1 Å². The lowest BCUT2D eigenvalue weighted by atomic mass is 9.78. The maximum Gasteiger partial charge on any atom is 0.343 e. The van der Waals surface area contributed by atoms with Crippen molar-refractivity contribution in [3.8, 4) is 11.8 Å². The van der Waals surface area contributed by atoms with Gasteiger partial charge in [-0.25, -0.2) is 9.18 Å². The molecule has 0 amide bonds. The lowest BCUT2D eigenvalue weighted by Crippen LogP contribution is -2.12. The van der Waals surface area contributed by atoms with Crippen LogP contribution in [-0.2, 0) is 0 Å². The average Bonchev–Trinajstić information content (AvgIpc) is 2.69. The largest absolute Gasteiger partial charge is 0.423 e. The van der Waals surface area contributed by atoms with Gasteiger partial charge in [0.05, 0.1) is 11.1 Å². The van der Waals surface area contributed by atoms with Crippen molar-refractivity contribution in [3.05, 3.63) is 77.1 Å². The van der Waals surface area contributed by atoms with Gasteiger partial charge in [-0.1, -0.05) is 24.3 Å². The third kappa shape index (κ3) is 4.62. The molecule has 3 rings (SSSR count). The Bertz CT molecular complexity index is 872. The molecule has 2 aromatic carbocycles. The number of nitrogens with zero attached hydrogens (tertiary/aromatic N) is 1. The zero-order chi connectivity index (χ0) is 19.2. The smallest absolute Gasteiger partial charge is 0.343 e. The van der Waals surface area contributed by atoms with Crippen molar-refractivity contribution in [2.45, 2.75) is 38.5 Å². The molecule has 0 aromatic heterocycles. The van der Waals surface area contributed by atoms with Gasteiger partial charge < -0.3 is 4.74 Å². The number of ether oxygens (including phenoxy) is 1. The Morgan fingerprint density at radius 1 is 1.15 bits per heavy atom. The first kappa shape index (κ1) is 18.8. The van der Waals surface area contributed by atoms with E-state index in [1.165, 1.54) is 30.5 Å². The van der Waals surface area contributed by atoms with Crippen LogP contribution in [0.5, 0.6) is 5.75 Å². The molecule has 0 aliphatic heterocycles. The summed E-state index contributed by atoms with van der Waals surface area (Å²) in [7, 11) is 0. The number of carbonyl (C=O) groups is 1. The van der Waals surface area contributed by atoms with Crippen molar-refractivity contribution >= 4 is 5.97 Å². The van der Waals surface area contributed by atoms with E-state index < -0.39 is 11.8 Å². The van der Waals surface area contributed by atoms with E-state index in [-0.39, 0.29) is 11.3 Å². The molecule has 4 heteroatoms. The molecule has 138 valence electrons. The topological polar surface area (TPSA) is 50.1 Å². The van der Waals surface area contributed by atoms with Gasteiger partial charge in [-0.3, -0.25) is 0 Å². The fourth-order valence-corrected chi connectivity index (χ4v) is 3.62. The van der Waals surface area contributed by atoms with Crippen LogP contribution in [0, 0.1) is 23.1 Å². The normalized spacial score (nSPS) is 19.6. The molecule has 1 aliphatic carbocycles. The average molecular weight is 363 g/mol. The van der Waals surface area contributed by atoms with Crippen molar-refractivity contribution in [1.29, 1.82) is 5.26 Å². The number of hydrogen-bond donors (Lipinski definition) is 0. The van der Waals surface area contributed by atoms with Crippen molar-refractivity contribution in [2.24, 2.45) is 5.92 Å². The first-order valence-corrected chi connectivity index (χ1v) is 9.25. The number of hydrogen-bond acceptors (Lipinski definition) is 3. The minimum atomic E-state index is -0.702. The number of allylic oxidation sites excluding steroid dienone is 2. The summed E-state index contributed by atoms with van der Waals surface area (Å²) in [5.41, 5.74) is 1.59. The quantitative estimate of drug-likeness (QED) is 0.394. The molecule has 27 heavy (non-hydrogen) atoms. The number of halogens is 1. The molecule has 0 bridgehead atoms. The van der Waals surface area contributed by atoms with Crippen molar-refractivity contribution < 1.29 is 13.9 Å². The van der Waals surface area contributed by atoms with Crippen LogP contribution in [0.25, 0.3) is 0 Å². The van der Waals surface area contributed by atoms with Gasteiger partial charge in [0.25, 0.3) is 0 Å². The molecule has 1 fully saturated rings. The third-order valence-electron chi connectivity index (χ3n) is 5.13. The summed E-state index contributed by atoms with van der Waals surface area (Å²) in [6.45, 7) is 2.07.